The smallest absolute Gasteiger partial charge is 0.410 e. The number of rotatable bonds is 0. The third-order valence-electron chi connectivity index (χ3n) is 2.61. The molecule has 0 aromatic carbocycles. The first-order valence-corrected chi connectivity index (χ1v) is 5.83. The minimum absolute atomic E-state index is 0.268. The van der Waals surface area contributed by atoms with E-state index in [0.717, 1.165) is 0 Å². The number of aromatic nitrogens is 2. The molecule has 0 unspecified atom stereocenters. The molecule has 6 heteroatoms. The molecule has 0 fully saturated rings. The molecule has 1 aromatic heterocycles. The van der Waals surface area contributed by atoms with Crippen molar-refractivity contribution in [1.29, 1.82) is 0 Å². The highest BCUT2D eigenvalue weighted by atomic mass is 19.1. The van der Waals surface area contributed by atoms with Crippen LogP contribution in [0.15, 0.2) is 6.33 Å². The van der Waals surface area contributed by atoms with Crippen LogP contribution in [0.1, 0.15) is 32.0 Å². The van der Waals surface area contributed by atoms with E-state index in [2.05, 4.69) is 9.97 Å². The molecule has 2 heterocycles. The van der Waals surface area contributed by atoms with Gasteiger partial charge >= 0.3 is 6.09 Å². The van der Waals surface area contributed by atoms with Crippen LogP contribution >= 0.6 is 0 Å². The number of ether oxygens (including phenoxy) is 1. The highest BCUT2D eigenvalue weighted by Gasteiger charge is 2.27. The summed E-state index contributed by atoms with van der Waals surface area (Å²) in [6.45, 7) is 6.12. The van der Waals surface area contributed by atoms with Crippen molar-refractivity contribution < 1.29 is 13.9 Å². The van der Waals surface area contributed by atoms with Crippen molar-refractivity contribution in [3.8, 4) is 0 Å². The second kappa shape index (κ2) is 4.51. The topological polar surface area (TPSA) is 55.3 Å². The predicted octanol–water partition coefficient (Wildman–Crippen LogP) is 1.91. The van der Waals surface area contributed by atoms with Crippen molar-refractivity contribution in [3.05, 3.63) is 23.5 Å². The lowest BCUT2D eigenvalue weighted by Crippen LogP contribution is -2.40. The lowest BCUT2D eigenvalue weighted by Gasteiger charge is -2.30. The number of carbonyl (C=O) groups is 1. The Hall–Kier alpha value is -1.72. The monoisotopic (exact) mass is 253 g/mol. The summed E-state index contributed by atoms with van der Waals surface area (Å²) in [5.41, 5.74) is 0.519. The van der Waals surface area contributed by atoms with Gasteiger partial charge in [0.25, 0.3) is 0 Å². The van der Waals surface area contributed by atoms with E-state index in [0.29, 0.717) is 24.2 Å². The molecule has 0 spiro atoms. The van der Waals surface area contributed by atoms with Crippen LogP contribution in [0, 0.1) is 5.95 Å². The molecule has 0 radical (unpaired) electrons. The fourth-order valence-electron chi connectivity index (χ4n) is 1.80. The number of amides is 1. The van der Waals surface area contributed by atoms with Gasteiger partial charge in [-0.3, -0.25) is 0 Å². The van der Waals surface area contributed by atoms with Crippen LogP contribution in [0.25, 0.3) is 0 Å². The van der Waals surface area contributed by atoms with Crippen LogP contribution in [0.3, 0.4) is 0 Å². The SMILES string of the molecule is CC(C)(C)OC(=O)N1CCc2c(F)ncnc2C1. The van der Waals surface area contributed by atoms with Gasteiger partial charge < -0.3 is 9.64 Å². The van der Waals surface area contributed by atoms with Crippen LogP contribution in [0.5, 0.6) is 0 Å². The third-order valence-corrected chi connectivity index (χ3v) is 2.61. The predicted molar refractivity (Wildman–Crippen MR) is 62.3 cm³/mol. The van der Waals surface area contributed by atoms with E-state index in [1.807, 2.05) is 20.8 Å². The van der Waals surface area contributed by atoms with Crippen molar-refractivity contribution in [2.75, 3.05) is 6.54 Å². The molecule has 18 heavy (non-hydrogen) atoms. The molecule has 2 rings (SSSR count). The summed E-state index contributed by atoms with van der Waals surface area (Å²) in [7, 11) is 0. The van der Waals surface area contributed by atoms with Gasteiger partial charge in [-0.25, -0.2) is 14.8 Å². The van der Waals surface area contributed by atoms with Crippen molar-refractivity contribution >= 4 is 6.09 Å². The quantitative estimate of drug-likeness (QED) is 0.663. The van der Waals surface area contributed by atoms with Crippen molar-refractivity contribution in [2.45, 2.75) is 39.3 Å². The molecule has 0 atom stereocenters. The summed E-state index contributed by atoms with van der Waals surface area (Å²) >= 11 is 0. The van der Waals surface area contributed by atoms with Gasteiger partial charge in [0.2, 0.25) is 5.95 Å². The largest absolute Gasteiger partial charge is 0.444 e. The summed E-state index contributed by atoms with van der Waals surface area (Å²) in [5, 5.41) is 0. The number of nitrogens with zero attached hydrogens (tertiary/aromatic N) is 3. The van der Waals surface area contributed by atoms with E-state index >= 15 is 0 Å². The zero-order valence-electron chi connectivity index (χ0n) is 10.7. The van der Waals surface area contributed by atoms with Crippen LogP contribution in [-0.2, 0) is 17.7 Å². The number of hydrogen-bond acceptors (Lipinski definition) is 4. The number of carbonyl (C=O) groups excluding carboxylic acids is 1. The van der Waals surface area contributed by atoms with Crippen LogP contribution in [-0.4, -0.2) is 33.1 Å². The minimum atomic E-state index is -0.533. The fourth-order valence-corrected chi connectivity index (χ4v) is 1.80. The summed E-state index contributed by atoms with van der Waals surface area (Å²) in [4.78, 5) is 20.9. The van der Waals surface area contributed by atoms with E-state index in [1.165, 1.54) is 11.2 Å². The van der Waals surface area contributed by atoms with Gasteiger partial charge in [0, 0.05) is 12.1 Å². The van der Waals surface area contributed by atoms with Gasteiger partial charge in [-0.2, -0.15) is 4.39 Å². The first kappa shape index (κ1) is 12.7. The van der Waals surface area contributed by atoms with Gasteiger partial charge in [0.05, 0.1) is 12.2 Å². The van der Waals surface area contributed by atoms with Crippen LogP contribution in [0.2, 0.25) is 0 Å². The zero-order chi connectivity index (χ0) is 13.3. The summed E-state index contributed by atoms with van der Waals surface area (Å²) in [5.74, 6) is -0.496. The van der Waals surface area contributed by atoms with Gasteiger partial charge in [-0.05, 0) is 27.2 Å². The van der Waals surface area contributed by atoms with Gasteiger partial charge in [0.15, 0.2) is 0 Å². The van der Waals surface area contributed by atoms with Crippen molar-refractivity contribution in [1.82, 2.24) is 14.9 Å². The standard InChI is InChI=1S/C12H16FN3O2/c1-12(2,3)18-11(17)16-5-4-8-9(6-16)14-7-15-10(8)13/h7H,4-6H2,1-3H3. The molecule has 1 amide bonds. The Morgan fingerprint density at radius 3 is 2.83 bits per heavy atom. The Labute approximate surface area is 105 Å². The van der Waals surface area contributed by atoms with Gasteiger partial charge in [-0.1, -0.05) is 0 Å². The first-order chi connectivity index (χ1) is 8.37. The average Bonchev–Trinajstić information content (AvgIpc) is 2.26. The Bertz CT molecular complexity index is 471. The molecule has 0 saturated carbocycles. The molecule has 0 aliphatic carbocycles. The highest BCUT2D eigenvalue weighted by molar-refractivity contribution is 5.68. The lowest BCUT2D eigenvalue weighted by atomic mass is 10.1. The molecule has 0 N–H and O–H groups in total. The summed E-state index contributed by atoms with van der Waals surface area (Å²) < 4.78 is 18.7. The minimum Gasteiger partial charge on any atom is -0.444 e. The maximum absolute atomic E-state index is 13.4. The molecule has 5 nitrogen and oxygen atoms in total. The molecule has 1 aromatic rings. The maximum Gasteiger partial charge on any atom is 0.410 e. The third kappa shape index (κ3) is 2.75. The molecular weight excluding hydrogens is 237 g/mol. The van der Waals surface area contributed by atoms with Crippen molar-refractivity contribution in [3.63, 3.8) is 0 Å². The van der Waals surface area contributed by atoms with Crippen molar-refractivity contribution in [2.24, 2.45) is 0 Å². The zero-order valence-corrected chi connectivity index (χ0v) is 10.7. The van der Waals surface area contributed by atoms with Crippen LogP contribution in [0.4, 0.5) is 9.18 Å². The normalized spacial score (nSPS) is 15.2. The second-order valence-electron chi connectivity index (χ2n) is 5.24. The Morgan fingerprint density at radius 1 is 1.44 bits per heavy atom. The number of hydrogen-bond donors (Lipinski definition) is 0. The number of halogens is 1. The molecule has 0 bridgehead atoms. The number of fused-ring (bicyclic) bond motifs is 1. The van der Waals surface area contributed by atoms with E-state index in [-0.39, 0.29) is 6.54 Å². The molecule has 1 aliphatic heterocycles. The summed E-state index contributed by atoms with van der Waals surface area (Å²) in [6, 6.07) is 0. The highest BCUT2D eigenvalue weighted by Crippen LogP contribution is 2.20. The van der Waals surface area contributed by atoms with Crippen LogP contribution < -0.4 is 0 Å². The summed E-state index contributed by atoms with van der Waals surface area (Å²) in [6.07, 6.45) is 1.20. The average molecular weight is 253 g/mol. The van der Waals surface area contributed by atoms with E-state index in [4.69, 9.17) is 4.74 Å². The van der Waals surface area contributed by atoms with Gasteiger partial charge in [-0.15, -0.1) is 0 Å². The lowest BCUT2D eigenvalue weighted by molar-refractivity contribution is 0.0219. The Morgan fingerprint density at radius 2 is 2.17 bits per heavy atom. The Balaban J connectivity index is 2.11. The van der Waals surface area contributed by atoms with E-state index in [1.54, 1.807) is 0 Å². The van der Waals surface area contributed by atoms with E-state index < -0.39 is 17.6 Å². The van der Waals surface area contributed by atoms with E-state index in [9.17, 15) is 9.18 Å². The maximum atomic E-state index is 13.4. The Kier molecular flexibility index (Phi) is 3.19. The second-order valence-corrected chi connectivity index (χ2v) is 5.24. The van der Waals surface area contributed by atoms with Gasteiger partial charge in [0.1, 0.15) is 11.9 Å². The molecule has 98 valence electrons. The molecule has 0 saturated heterocycles. The fraction of sp³-hybridized carbons (Fsp3) is 0.583. The molecular formula is C12H16FN3O2. The first-order valence-electron chi connectivity index (χ1n) is 5.83. The molecule has 1 aliphatic rings.